The third-order valence-electron chi connectivity index (χ3n) is 4.81. The first-order chi connectivity index (χ1) is 11.1. The number of hydrogen-bond donors (Lipinski definition) is 1. The zero-order chi connectivity index (χ0) is 16.2. The number of nitrogens with zero attached hydrogens (tertiary/aromatic N) is 1. The minimum absolute atomic E-state index is 0.000310. The number of benzene rings is 1. The highest BCUT2D eigenvalue weighted by atomic mass is 16.5. The predicted octanol–water partition coefficient (Wildman–Crippen LogP) is 1.89. The fourth-order valence-corrected chi connectivity index (χ4v) is 3.36. The van der Waals surface area contributed by atoms with E-state index >= 15 is 0 Å². The summed E-state index contributed by atoms with van der Waals surface area (Å²) in [7, 11) is 0. The first-order valence-electron chi connectivity index (χ1n) is 8.39. The lowest BCUT2D eigenvalue weighted by Crippen LogP contribution is -2.37. The van der Waals surface area contributed by atoms with Crippen LogP contribution in [0.25, 0.3) is 0 Å². The number of ether oxygens (including phenoxy) is 1. The van der Waals surface area contributed by atoms with Crippen molar-refractivity contribution < 1.29 is 14.3 Å². The quantitative estimate of drug-likeness (QED) is 0.902. The van der Waals surface area contributed by atoms with E-state index < -0.39 is 0 Å². The van der Waals surface area contributed by atoms with Crippen LogP contribution in [0, 0.1) is 5.92 Å². The number of rotatable bonds is 5. The van der Waals surface area contributed by atoms with Gasteiger partial charge in [0.25, 0.3) is 0 Å². The van der Waals surface area contributed by atoms with Crippen LogP contribution in [0.4, 0.5) is 0 Å². The summed E-state index contributed by atoms with van der Waals surface area (Å²) in [4.78, 5) is 26.4. The maximum absolute atomic E-state index is 12.3. The summed E-state index contributed by atoms with van der Waals surface area (Å²) in [6, 6.07) is 9.94. The molecule has 1 aromatic rings. The minimum atomic E-state index is -0.255. The number of amides is 2. The molecule has 5 heteroatoms. The molecule has 2 amide bonds. The van der Waals surface area contributed by atoms with E-state index in [-0.39, 0.29) is 29.9 Å². The maximum atomic E-state index is 12.3. The van der Waals surface area contributed by atoms with E-state index in [4.69, 9.17) is 4.74 Å². The van der Waals surface area contributed by atoms with E-state index in [0.717, 1.165) is 25.0 Å². The monoisotopic (exact) mass is 316 g/mol. The van der Waals surface area contributed by atoms with Gasteiger partial charge in [0.2, 0.25) is 11.8 Å². The normalized spacial score (nSPS) is 25.6. The average molecular weight is 316 g/mol. The van der Waals surface area contributed by atoms with Crippen molar-refractivity contribution in [2.24, 2.45) is 5.92 Å². The van der Waals surface area contributed by atoms with E-state index in [1.165, 1.54) is 0 Å². The molecule has 5 nitrogen and oxygen atoms in total. The summed E-state index contributed by atoms with van der Waals surface area (Å²) in [5.41, 5.74) is 1.10. The topological polar surface area (TPSA) is 58.6 Å². The van der Waals surface area contributed by atoms with Crippen molar-refractivity contribution in [2.45, 2.75) is 38.3 Å². The molecule has 0 unspecified atom stereocenters. The Morgan fingerprint density at radius 2 is 2.17 bits per heavy atom. The van der Waals surface area contributed by atoms with Gasteiger partial charge in [0.15, 0.2) is 0 Å². The van der Waals surface area contributed by atoms with Crippen LogP contribution in [-0.2, 0) is 14.3 Å². The molecule has 23 heavy (non-hydrogen) atoms. The van der Waals surface area contributed by atoms with Gasteiger partial charge in [0, 0.05) is 26.1 Å². The molecule has 0 saturated carbocycles. The molecule has 2 aliphatic heterocycles. The average Bonchev–Trinajstić information content (AvgIpc) is 3.22. The molecule has 2 aliphatic rings. The van der Waals surface area contributed by atoms with Crippen LogP contribution in [0.5, 0.6) is 0 Å². The van der Waals surface area contributed by atoms with Gasteiger partial charge in [0.05, 0.1) is 18.1 Å². The lowest BCUT2D eigenvalue weighted by atomic mass is 10.1. The van der Waals surface area contributed by atoms with Gasteiger partial charge in [-0.05, 0) is 25.3 Å². The predicted molar refractivity (Wildman–Crippen MR) is 86.7 cm³/mol. The molecule has 2 fully saturated rings. The summed E-state index contributed by atoms with van der Waals surface area (Å²) in [6.45, 7) is 3.84. The second kappa shape index (κ2) is 7.13. The van der Waals surface area contributed by atoms with Crippen molar-refractivity contribution in [3.8, 4) is 0 Å². The highest BCUT2D eigenvalue weighted by molar-refractivity contribution is 5.89. The summed E-state index contributed by atoms with van der Waals surface area (Å²) < 4.78 is 5.51. The Kier molecular flexibility index (Phi) is 4.96. The summed E-state index contributed by atoms with van der Waals surface area (Å²) in [5, 5.41) is 2.94. The van der Waals surface area contributed by atoms with Crippen molar-refractivity contribution in [1.29, 1.82) is 0 Å². The highest BCUT2D eigenvalue weighted by Crippen LogP contribution is 2.28. The molecule has 2 saturated heterocycles. The van der Waals surface area contributed by atoms with Crippen molar-refractivity contribution in [1.82, 2.24) is 10.2 Å². The smallest absolute Gasteiger partial charge is 0.225 e. The lowest BCUT2D eigenvalue weighted by Gasteiger charge is -2.25. The molecule has 2 heterocycles. The Morgan fingerprint density at radius 3 is 2.87 bits per heavy atom. The van der Waals surface area contributed by atoms with Gasteiger partial charge in [0.1, 0.15) is 0 Å². The van der Waals surface area contributed by atoms with Gasteiger partial charge in [-0.1, -0.05) is 30.3 Å². The van der Waals surface area contributed by atoms with Gasteiger partial charge in [-0.2, -0.15) is 0 Å². The number of carbonyl (C=O) groups is 2. The van der Waals surface area contributed by atoms with Crippen LogP contribution in [0.2, 0.25) is 0 Å². The second-order valence-corrected chi connectivity index (χ2v) is 6.41. The molecule has 0 spiro atoms. The standard InChI is InChI=1S/C18H24N2O3/c1-13(14-6-3-2-4-7-14)20-12-15(10-17(20)21)18(22)19-11-16-8-5-9-23-16/h2-4,6-7,13,15-16H,5,8-12H2,1H3,(H,19,22)/t13-,15-,16-/m0/s1. The lowest BCUT2D eigenvalue weighted by molar-refractivity contribution is -0.130. The van der Waals surface area contributed by atoms with Gasteiger partial charge < -0.3 is 15.0 Å². The van der Waals surface area contributed by atoms with Crippen LogP contribution in [-0.4, -0.2) is 42.5 Å². The number of nitrogens with one attached hydrogen (secondary N) is 1. The highest BCUT2D eigenvalue weighted by Gasteiger charge is 2.37. The van der Waals surface area contributed by atoms with Gasteiger partial charge in [-0.3, -0.25) is 9.59 Å². The van der Waals surface area contributed by atoms with E-state index in [9.17, 15) is 9.59 Å². The SMILES string of the molecule is C[C@@H](c1ccccc1)N1C[C@@H](C(=O)NC[C@@H]2CCCO2)CC1=O. The first kappa shape index (κ1) is 16.0. The first-order valence-corrected chi connectivity index (χ1v) is 8.39. The zero-order valence-electron chi connectivity index (χ0n) is 13.5. The maximum Gasteiger partial charge on any atom is 0.225 e. The van der Waals surface area contributed by atoms with Crippen LogP contribution >= 0.6 is 0 Å². The third kappa shape index (κ3) is 3.72. The Labute approximate surface area is 137 Å². The Balaban J connectivity index is 1.55. The molecule has 3 rings (SSSR count). The molecule has 0 aromatic heterocycles. The Bertz CT molecular complexity index is 555. The van der Waals surface area contributed by atoms with Crippen LogP contribution in [0.15, 0.2) is 30.3 Å². The fourth-order valence-electron chi connectivity index (χ4n) is 3.36. The Hall–Kier alpha value is -1.88. The van der Waals surface area contributed by atoms with E-state index in [2.05, 4.69) is 5.32 Å². The van der Waals surface area contributed by atoms with Gasteiger partial charge >= 0.3 is 0 Å². The van der Waals surface area contributed by atoms with Crippen molar-refractivity contribution in [2.75, 3.05) is 19.7 Å². The third-order valence-corrected chi connectivity index (χ3v) is 4.81. The number of likely N-dealkylation sites (tertiary alicyclic amines) is 1. The van der Waals surface area contributed by atoms with E-state index in [1.807, 2.05) is 42.2 Å². The minimum Gasteiger partial charge on any atom is -0.376 e. The second-order valence-electron chi connectivity index (χ2n) is 6.41. The summed E-state index contributed by atoms with van der Waals surface area (Å²) in [5.74, 6) is -0.231. The van der Waals surface area contributed by atoms with Gasteiger partial charge in [-0.25, -0.2) is 0 Å². The van der Waals surface area contributed by atoms with E-state index in [0.29, 0.717) is 19.5 Å². The zero-order valence-corrected chi connectivity index (χ0v) is 13.5. The fraction of sp³-hybridized carbons (Fsp3) is 0.556. The summed E-state index contributed by atoms with van der Waals surface area (Å²) >= 11 is 0. The number of hydrogen-bond acceptors (Lipinski definition) is 3. The van der Waals surface area contributed by atoms with Crippen molar-refractivity contribution >= 4 is 11.8 Å². The van der Waals surface area contributed by atoms with Crippen LogP contribution in [0.3, 0.4) is 0 Å². The molecule has 1 N–H and O–H groups in total. The van der Waals surface area contributed by atoms with Crippen molar-refractivity contribution in [3.05, 3.63) is 35.9 Å². The molecule has 0 bridgehead atoms. The Morgan fingerprint density at radius 1 is 1.39 bits per heavy atom. The molecule has 0 radical (unpaired) electrons. The van der Waals surface area contributed by atoms with Crippen molar-refractivity contribution in [3.63, 3.8) is 0 Å². The molecule has 3 atom stereocenters. The molecule has 1 aromatic carbocycles. The molecule has 124 valence electrons. The molecular weight excluding hydrogens is 292 g/mol. The van der Waals surface area contributed by atoms with E-state index in [1.54, 1.807) is 0 Å². The molecule has 0 aliphatic carbocycles. The number of carbonyl (C=O) groups excluding carboxylic acids is 2. The van der Waals surface area contributed by atoms with Crippen LogP contribution < -0.4 is 5.32 Å². The van der Waals surface area contributed by atoms with Crippen LogP contribution in [0.1, 0.15) is 37.8 Å². The van der Waals surface area contributed by atoms with Gasteiger partial charge in [-0.15, -0.1) is 0 Å². The largest absolute Gasteiger partial charge is 0.376 e. The summed E-state index contributed by atoms with van der Waals surface area (Å²) in [6.07, 6.45) is 2.50. The molecular formula is C18H24N2O3.